The Labute approximate surface area is 185 Å². The Balaban J connectivity index is 1.70. The first-order chi connectivity index (χ1) is 14.2. The highest BCUT2D eigenvalue weighted by molar-refractivity contribution is 9.10. The van der Waals surface area contributed by atoms with Gasteiger partial charge < -0.3 is 10.2 Å². The number of benzene rings is 2. The average molecular weight is 494 g/mol. The van der Waals surface area contributed by atoms with Gasteiger partial charge in [-0.05, 0) is 54.8 Å². The molecule has 0 aliphatic carbocycles. The van der Waals surface area contributed by atoms with Gasteiger partial charge >= 0.3 is 0 Å². The molecule has 0 saturated carbocycles. The van der Waals surface area contributed by atoms with Crippen LogP contribution in [-0.4, -0.2) is 49.6 Å². The van der Waals surface area contributed by atoms with E-state index in [1.807, 2.05) is 24.3 Å². The van der Waals surface area contributed by atoms with Crippen molar-refractivity contribution >= 4 is 43.5 Å². The minimum absolute atomic E-state index is 0.0429. The van der Waals surface area contributed by atoms with Crippen molar-refractivity contribution < 1.29 is 18.0 Å². The van der Waals surface area contributed by atoms with Gasteiger partial charge in [0.1, 0.15) is 0 Å². The number of likely N-dealkylation sites (tertiary alicyclic amines) is 1. The van der Waals surface area contributed by atoms with Crippen LogP contribution in [0.1, 0.15) is 31.4 Å². The van der Waals surface area contributed by atoms with Gasteiger partial charge in [-0.25, -0.2) is 8.42 Å². The van der Waals surface area contributed by atoms with Gasteiger partial charge in [-0.3, -0.25) is 9.59 Å². The van der Waals surface area contributed by atoms with Crippen LogP contribution in [0.4, 0.5) is 5.69 Å². The zero-order valence-corrected chi connectivity index (χ0v) is 19.2. The summed E-state index contributed by atoms with van der Waals surface area (Å²) in [5.41, 5.74) is 1.55. The van der Waals surface area contributed by atoms with E-state index in [-0.39, 0.29) is 29.3 Å². The number of nitrogens with one attached hydrogen (secondary N) is 1. The number of hydrogen-bond acceptors (Lipinski definition) is 4. The van der Waals surface area contributed by atoms with E-state index in [4.69, 9.17) is 0 Å². The molecule has 9 heteroatoms. The molecule has 0 spiro atoms. The normalized spacial score (nSPS) is 16.7. The second-order valence-electron chi connectivity index (χ2n) is 7.26. The van der Waals surface area contributed by atoms with Crippen LogP contribution in [0.15, 0.2) is 57.9 Å². The minimum Gasteiger partial charge on any atom is -0.335 e. The molecular weight excluding hydrogens is 470 g/mol. The first-order valence-electron chi connectivity index (χ1n) is 9.57. The maximum Gasteiger partial charge on any atom is 0.243 e. The predicted molar refractivity (Wildman–Crippen MR) is 118 cm³/mol. The van der Waals surface area contributed by atoms with Gasteiger partial charge in [0.25, 0.3) is 0 Å². The van der Waals surface area contributed by atoms with Gasteiger partial charge in [0.15, 0.2) is 0 Å². The number of sulfonamides is 1. The third-order valence-electron chi connectivity index (χ3n) is 5.07. The smallest absolute Gasteiger partial charge is 0.243 e. The Bertz CT molecular complexity index is 1020. The third kappa shape index (κ3) is 5.08. The summed E-state index contributed by atoms with van der Waals surface area (Å²) in [6, 6.07) is 13.7. The van der Waals surface area contributed by atoms with E-state index in [0.717, 1.165) is 27.2 Å². The van der Waals surface area contributed by atoms with Crippen LogP contribution < -0.4 is 5.32 Å². The van der Waals surface area contributed by atoms with Crippen LogP contribution in [0, 0.1) is 0 Å². The highest BCUT2D eigenvalue weighted by Gasteiger charge is 2.32. The lowest BCUT2D eigenvalue weighted by Crippen LogP contribution is -2.40. The summed E-state index contributed by atoms with van der Waals surface area (Å²) >= 11 is 3.42. The number of rotatable bonds is 6. The number of hydrogen-bond donors (Lipinski definition) is 1. The van der Waals surface area contributed by atoms with Crippen molar-refractivity contribution in [2.24, 2.45) is 0 Å². The summed E-state index contributed by atoms with van der Waals surface area (Å²) in [7, 11) is -2.43. The Kier molecular flexibility index (Phi) is 6.95. The summed E-state index contributed by atoms with van der Waals surface area (Å²) in [5, 5.41) is 2.59. The largest absolute Gasteiger partial charge is 0.335 e. The van der Waals surface area contributed by atoms with Gasteiger partial charge in [0.05, 0.1) is 17.5 Å². The van der Waals surface area contributed by atoms with Crippen LogP contribution in [-0.2, 0) is 19.6 Å². The highest BCUT2D eigenvalue weighted by Crippen LogP contribution is 2.32. The highest BCUT2D eigenvalue weighted by atomic mass is 79.9. The fraction of sp³-hybridized carbons (Fsp3) is 0.333. The van der Waals surface area contributed by atoms with Crippen LogP contribution in [0.2, 0.25) is 0 Å². The van der Waals surface area contributed by atoms with Crippen LogP contribution >= 0.6 is 15.9 Å². The fourth-order valence-electron chi connectivity index (χ4n) is 3.56. The molecule has 2 aromatic carbocycles. The molecular formula is C21H24BrN3O4S. The maximum absolute atomic E-state index is 12.9. The zero-order valence-electron chi connectivity index (χ0n) is 16.8. The molecule has 0 radical (unpaired) electrons. The molecule has 1 heterocycles. The number of carbonyl (C=O) groups excluding carboxylic acids is 2. The molecule has 0 bridgehead atoms. The molecule has 7 nitrogen and oxygen atoms in total. The lowest BCUT2D eigenvalue weighted by atomic mass is 10.0. The number of nitrogens with zero attached hydrogens (tertiary/aromatic N) is 2. The van der Waals surface area contributed by atoms with Gasteiger partial charge in [-0.15, -0.1) is 0 Å². The van der Waals surface area contributed by atoms with Crippen molar-refractivity contribution in [2.75, 3.05) is 25.5 Å². The van der Waals surface area contributed by atoms with Gasteiger partial charge in [0, 0.05) is 30.7 Å². The molecule has 30 heavy (non-hydrogen) atoms. The third-order valence-corrected chi connectivity index (χ3v) is 7.41. The van der Waals surface area contributed by atoms with Crippen molar-refractivity contribution in [1.82, 2.24) is 9.21 Å². The van der Waals surface area contributed by atoms with E-state index in [0.29, 0.717) is 12.2 Å². The summed E-state index contributed by atoms with van der Waals surface area (Å²) in [4.78, 5) is 25.9. The van der Waals surface area contributed by atoms with Crippen LogP contribution in [0.5, 0.6) is 0 Å². The van der Waals surface area contributed by atoms with Crippen molar-refractivity contribution in [3.05, 3.63) is 58.6 Å². The first-order valence-corrected chi connectivity index (χ1v) is 11.8. The Morgan fingerprint density at radius 1 is 1.13 bits per heavy atom. The van der Waals surface area contributed by atoms with E-state index >= 15 is 0 Å². The number of amides is 2. The molecule has 1 saturated heterocycles. The zero-order chi connectivity index (χ0) is 21.9. The van der Waals surface area contributed by atoms with E-state index in [2.05, 4.69) is 21.2 Å². The lowest BCUT2D eigenvalue weighted by Gasteiger charge is -2.27. The van der Waals surface area contributed by atoms with E-state index in [9.17, 15) is 18.0 Å². The molecule has 3 rings (SSSR count). The van der Waals surface area contributed by atoms with Crippen molar-refractivity contribution in [1.29, 1.82) is 0 Å². The summed E-state index contributed by atoms with van der Waals surface area (Å²) in [5.74, 6) is -0.458. The summed E-state index contributed by atoms with van der Waals surface area (Å²) in [6.45, 7) is 1.76. The second kappa shape index (κ2) is 9.28. The second-order valence-corrected chi connectivity index (χ2v) is 10.2. The number of anilines is 1. The predicted octanol–water partition coefficient (Wildman–Crippen LogP) is 3.39. The fourth-order valence-corrected chi connectivity index (χ4v) is 4.94. The van der Waals surface area contributed by atoms with E-state index < -0.39 is 10.0 Å². The van der Waals surface area contributed by atoms with Crippen molar-refractivity contribution in [3.8, 4) is 0 Å². The molecule has 160 valence electrons. The molecule has 2 aromatic rings. The van der Waals surface area contributed by atoms with Crippen LogP contribution in [0.25, 0.3) is 0 Å². The summed E-state index contributed by atoms with van der Waals surface area (Å²) < 4.78 is 27.8. The van der Waals surface area contributed by atoms with Crippen molar-refractivity contribution in [2.45, 2.75) is 30.7 Å². The number of carbonyl (C=O) groups is 2. The van der Waals surface area contributed by atoms with Crippen molar-refractivity contribution in [3.63, 3.8) is 0 Å². The van der Waals surface area contributed by atoms with Gasteiger partial charge in [-0.2, -0.15) is 4.31 Å². The van der Waals surface area contributed by atoms with E-state index in [1.54, 1.807) is 4.90 Å². The summed E-state index contributed by atoms with van der Waals surface area (Å²) in [6.07, 6.45) is 1.74. The minimum atomic E-state index is -3.83. The molecule has 1 aliphatic rings. The van der Waals surface area contributed by atoms with E-state index in [1.165, 1.54) is 38.2 Å². The number of halogens is 1. The standard InChI is InChI=1S/C21H24BrN3O4S/c1-15(26)23-18-9-11-19(12-10-18)30(28,29)24(2)14-21(27)25-13-3-4-20(25)16-5-7-17(22)8-6-16/h5-12,20H,3-4,13-14H2,1-2H3,(H,23,26). The van der Waals surface area contributed by atoms with Gasteiger partial charge in [-0.1, -0.05) is 28.1 Å². The molecule has 1 aliphatic heterocycles. The molecule has 1 N–H and O–H groups in total. The lowest BCUT2D eigenvalue weighted by molar-refractivity contribution is -0.132. The average Bonchev–Trinajstić information content (AvgIpc) is 3.18. The maximum atomic E-state index is 12.9. The Morgan fingerprint density at radius 3 is 2.37 bits per heavy atom. The Hall–Kier alpha value is -2.23. The molecule has 1 unspecified atom stereocenters. The monoisotopic (exact) mass is 493 g/mol. The van der Waals surface area contributed by atoms with Gasteiger partial charge in [0.2, 0.25) is 21.8 Å². The Morgan fingerprint density at radius 2 is 1.77 bits per heavy atom. The quantitative estimate of drug-likeness (QED) is 0.667. The first kappa shape index (κ1) is 22.5. The molecule has 1 fully saturated rings. The van der Waals surface area contributed by atoms with Crippen LogP contribution in [0.3, 0.4) is 0 Å². The topological polar surface area (TPSA) is 86.8 Å². The molecule has 0 aromatic heterocycles. The molecule has 1 atom stereocenters. The molecule has 2 amide bonds. The SMILES string of the molecule is CC(=O)Nc1ccc(S(=O)(=O)N(C)CC(=O)N2CCCC2c2ccc(Br)cc2)cc1. The number of likely N-dealkylation sites (N-methyl/N-ethyl adjacent to an activating group) is 1.